The van der Waals surface area contributed by atoms with Crippen molar-refractivity contribution >= 4 is 50.1 Å². The quantitative estimate of drug-likeness (QED) is 0.323. The Kier molecular flexibility index (Phi) is 6.84. The van der Waals surface area contributed by atoms with Crippen LogP contribution in [0.4, 0.5) is 0 Å². The number of carbonyl (C=O) groups is 1. The summed E-state index contributed by atoms with van der Waals surface area (Å²) in [4.78, 5) is 15.2. The first-order valence-electron chi connectivity index (χ1n) is 10.4. The Morgan fingerprint density at radius 2 is 1.91 bits per heavy atom. The van der Waals surface area contributed by atoms with E-state index in [4.69, 9.17) is 33.0 Å². The molecule has 0 spiro atoms. The molecule has 10 heteroatoms. The predicted molar refractivity (Wildman–Crippen MR) is 131 cm³/mol. The number of hydrogen-bond donors (Lipinski definition) is 1. The summed E-state index contributed by atoms with van der Waals surface area (Å²) in [5.74, 6) is -0.366. The Bertz CT molecular complexity index is 1500. The van der Waals surface area contributed by atoms with Crippen molar-refractivity contribution in [2.75, 3.05) is 6.61 Å². The van der Waals surface area contributed by atoms with Gasteiger partial charge in [0.1, 0.15) is 10.6 Å². The van der Waals surface area contributed by atoms with Crippen LogP contribution in [0.3, 0.4) is 0 Å². The molecule has 0 atom stereocenters. The van der Waals surface area contributed by atoms with E-state index in [2.05, 4.69) is 4.98 Å². The van der Waals surface area contributed by atoms with Gasteiger partial charge in [0.2, 0.25) is 0 Å². The molecule has 0 fully saturated rings. The molecule has 0 saturated heterocycles. The number of nitrogens with zero attached hydrogens (tertiary/aromatic N) is 2. The first kappa shape index (κ1) is 24.1. The Hall–Kier alpha value is -3.07. The summed E-state index contributed by atoms with van der Waals surface area (Å²) in [6.07, 6.45) is 4.26. The molecule has 1 N–H and O–H groups in total. The number of rotatable bonds is 8. The summed E-state index contributed by atoms with van der Waals surface area (Å²) in [6.45, 7) is 2.36. The van der Waals surface area contributed by atoms with Gasteiger partial charge in [-0.2, -0.15) is 0 Å². The number of aliphatic carboxylic acids is 1. The zero-order valence-electron chi connectivity index (χ0n) is 18.0. The molecule has 0 saturated carbocycles. The summed E-state index contributed by atoms with van der Waals surface area (Å²) in [5, 5.41) is 10.5. The highest BCUT2D eigenvalue weighted by Crippen LogP contribution is 2.33. The van der Waals surface area contributed by atoms with Crippen LogP contribution < -0.4 is 4.74 Å². The van der Waals surface area contributed by atoms with Crippen LogP contribution in [0.25, 0.3) is 22.0 Å². The normalized spacial score (nSPS) is 11.6. The maximum Gasteiger partial charge on any atom is 0.303 e. The Morgan fingerprint density at radius 3 is 2.62 bits per heavy atom. The van der Waals surface area contributed by atoms with Gasteiger partial charge < -0.3 is 9.84 Å². The van der Waals surface area contributed by atoms with Crippen LogP contribution in [0.15, 0.2) is 66.0 Å². The molecule has 0 aliphatic rings. The number of aromatic nitrogens is 2. The highest BCUT2D eigenvalue weighted by atomic mass is 35.5. The minimum Gasteiger partial charge on any atom is -0.494 e. The molecule has 176 valence electrons. The van der Waals surface area contributed by atoms with Crippen LogP contribution in [0.1, 0.15) is 18.9 Å². The number of ether oxygens (including phenoxy) is 1. The fourth-order valence-corrected chi connectivity index (χ4v) is 5.52. The van der Waals surface area contributed by atoms with Gasteiger partial charge in [0.15, 0.2) is 0 Å². The van der Waals surface area contributed by atoms with Crippen LogP contribution in [0, 0.1) is 0 Å². The van der Waals surface area contributed by atoms with Crippen LogP contribution in [-0.2, 0) is 21.2 Å². The van der Waals surface area contributed by atoms with Crippen molar-refractivity contribution in [2.24, 2.45) is 0 Å². The van der Waals surface area contributed by atoms with Crippen molar-refractivity contribution in [1.82, 2.24) is 8.96 Å². The molecule has 4 rings (SSSR count). The molecule has 2 aromatic carbocycles. The fourth-order valence-electron chi connectivity index (χ4n) is 3.69. The summed E-state index contributed by atoms with van der Waals surface area (Å²) in [6, 6.07) is 11.5. The molecule has 4 aromatic rings. The molecule has 0 amide bonds. The molecule has 2 aromatic heterocycles. The van der Waals surface area contributed by atoms with Crippen LogP contribution in [-0.4, -0.2) is 35.1 Å². The summed E-state index contributed by atoms with van der Waals surface area (Å²) < 4.78 is 33.8. The van der Waals surface area contributed by atoms with E-state index in [0.29, 0.717) is 50.0 Å². The van der Waals surface area contributed by atoms with Gasteiger partial charge in [0, 0.05) is 46.5 Å². The Morgan fingerprint density at radius 1 is 1.12 bits per heavy atom. The Balaban J connectivity index is 1.80. The largest absolute Gasteiger partial charge is 0.494 e. The van der Waals surface area contributed by atoms with Crippen molar-refractivity contribution in [3.05, 3.63) is 76.7 Å². The van der Waals surface area contributed by atoms with E-state index in [1.165, 1.54) is 24.7 Å². The van der Waals surface area contributed by atoms with Crippen molar-refractivity contribution in [3.8, 4) is 16.9 Å². The van der Waals surface area contributed by atoms with Gasteiger partial charge in [-0.1, -0.05) is 23.2 Å². The number of aryl methyl sites for hydroxylation is 1. The maximum absolute atomic E-state index is 13.6. The topological polar surface area (TPSA) is 98.5 Å². The SMILES string of the molecule is CCOc1ccc(-c2cncc(S(=O)(=O)n3cc(CCC(=O)O)c4cc(Cl)ccc43)c2)c(Cl)c1. The monoisotopic (exact) mass is 518 g/mol. The zero-order valence-corrected chi connectivity index (χ0v) is 20.4. The van der Waals surface area contributed by atoms with E-state index < -0.39 is 16.0 Å². The first-order chi connectivity index (χ1) is 16.2. The second-order valence-electron chi connectivity index (χ2n) is 7.49. The number of carboxylic acid groups (broad SMARTS) is 1. The zero-order chi connectivity index (χ0) is 24.5. The molecular weight excluding hydrogens is 499 g/mol. The van der Waals surface area contributed by atoms with Crippen molar-refractivity contribution in [3.63, 3.8) is 0 Å². The maximum atomic E-state index is 13.6. The van der Waals surface area contributed by atoms with E-state index in [0.717, 1.165) is 3.97 Å². The van der Waals surface area contributed by atoms with E-state index in [1.54, 1.807) is 36.4 Å². The predicted octanol–water partition coefficient (Wildman–Crippen LogP) is 5.66. The van der Waals surface area contributed by atoms with Gasteiger partial charge in [-0.15, -0.1) is 0 Å². The minimum atomic E-state index is -4.06. The third-order valence-electron chi connectivity index (χ3n) is 5.26. The Labute approximate surface area is 206 Å². The van der Waals surface area contributed by atoms with Gasteiger partial charge in [0.05, 0.1) is 17.1 Å². The second kappa shape index (κ2) is 9.66. The molecule has 0 aliphatic heterocycles. The number of fused-ring (bicyclic) bond motifs is 1. The molecule has 0 unspecified atom stereocenters. The van der Waals surface area contributed by atoms with E-state index in [1.807, 2.05) is 6.92 Å². The third-order valence-corrected chi connectivity index (χ3v) is 7.44. The lowest BCUT2D eigenvalue weighted by Crippen LogP contribution is -2.12. The van der Waals surface area contributed by atoms with Gasteiger partial charge >= 0.3 is 5.97 Å². The summed E-state index contributed by atoms with van der Waals surface area (Å²) >= 11 is 12.5. The lowest BCUT2D eigenvalue weighted by molar-refractivity contribution is -0.136. The lowest BCUT2D eigenvalue weighted by atomic mass is 10.1. The highest BCUT2D eigenvalue weighted by Gasteiger charge is 2.23. The minimum absolute atomic E-state index is 0.0356. The van der Waals surface area contributed by atoms with Gasteiger partial charge in [0.25, 0.3) is 10.0 Å². The van der Waals surface area contributed by atoms with E-state index in [-0.39, 0.29) is 17.7 Å². The molecule has 0 aliphatic carbocycles. The van der Waals surface area contributed by atoms with Gasteiger partial charge in [-0.05, 0) is 61.4 Å². The van der Waals surface area contributed by atoms with E-state index >= 15 is 0 Å². The number of benzene rings is 2. The molecule has 7 nitrogen and oxygen atoms in total. The molecule has 2 heterocycles. The summed E-state index contributed by atoms with van der Waals surface area (Å²) in [5.41, 5.74) is 2.11. The van der Waals surface area contributed by atoms with Crippen molar-refractivity contribution in [2.45, 2.75) is 24.7 Å². The molecular formula is C24H20Cl2N2O5S. The van der Waals surface area contributed by atoms with Gasteiger partial charge in [-0.3, -0.25) is 9.78 Å². The van der Waals surface area contributed by atoms with Gasteiger partial charge in [-0.25, -0.2) is 12.4 Å². The number of hydrogen-bond acceptors (Lipinski definition) is 5. The molecule has 0 bridgehead atoms. The number of pyridine rings is 1. The number of carboxylic acids is 1. The highest BCUT2D eigenvalue weighted by molar-refractivity contribution is 7.90. The molecule has 34 heavy (non-hydrogen) atoms. The lowest BCUT2D eigenvalue weighted by Gasteiger charge is -2.11. The van der Waals surface area contributed by atoms with Crippen LogP contribution in [0.2, 0.25) is 10.0 Å². The fraction of sp³-hybridized carbons (Fsp3) is 0.167. The molecule has 0 radical (unpaired) electrons. The van der Waals surface area contributed by atoms with Crippen molar-refractivity contribution in [1.29, 1.82) is 0 Å². The number of halogens is 2. The third kappa shape index (κ3) is 4.75. The van der Waals surface area contributed by atoms with Crippen LogP contribution >= 0.6 is 23.2 Å². The average molecular weight is 519 g/mol. The van der Waals surface area contributed by atoms with Crippen molar-refractivity contribution < 1.29 is 23.1 Å². The first-order valence-corrected chi connectivity index (χ1v) is 12.5. The summed E-state index contributed by atoms with van der Waals surface area (Å²) in [7, 11) is -4.06. The van der Waals surface area contributed by atoms with Crippen LogP contribution in [0.5, 0.6) is 5.75 Å². The average Bonchev–Trinajstić information content (AvgIpc) is 3.16. The smallest absolute Gasteiger partial charge is 0.303 e. The van der Waals surface area contributed by atoms with E-state index in [9.17, 15) is 13.2 Å². The second-order valence-corrected chi connectivity index (χ2v) is 10.2. The standard InChI is InChI=1S/C24H20Cl2N2O5S/c1-2-33-18-5-6-20(22(26)11-18)16-9-19(13-27-12-16)34(31,32)28-14-15(3-8-24(29)30)21-10-17(25)4-7-23(21)28/h4-7,9-14H,2-3,8H2,1H3,(H,29,30).